The van der Waals surface area contributed by atoms with Crippen molar-refractivity contribution in [3.8, 4) is 0 Å². The van der Waals surface area contributed by atoms with Crippen LogP contribution in [0.5, 0.6) is 0 Å². The van der Waals surface area contributed by atoms with Crippen molar-refractivity contribution >= 4 is 6.03 Å². The molecule has 0 bridgehead atoms. The molecule has 0 radical (unpaired) electrons. The molecule has 122 valence electrons. The zero-order valence-corrected chi connectivity index (χ0v) is 13.5. The van der Waals surface area contributed by atoms with Crippen molar-refractivity contribution in [2.75, 3.05) is 13.1 Å². The molecule has 4 nitrogen and oxygen atoms in total. The number of aryl methyl sites for hydroxylation is 1. The van der Waals surface area contributed by atoms with E-state index in [2.05, 4.69) is 29.7 Å². The average Bonchev–Trinajstić information content (AvgIpc) is 2.57. The molecule has 0 heterocycles. The summed E-state index contributed by atoms with van der Waals surface area (Å²) < 4.78 is 0. The van der Waals surface area contributed by atoms with Crippen LogP contribution in [-0.4, -0.2) is 24.2 Å². The highest BCUT2D eigenvalue weighted by molar-refractivity contribution is 5.73. The lowest BCUT2D eigenvalue weighted by Crippen LogP contribution is -2.37. The number of hydrogen-bond acceptors (Lipinski definition) is 2. The number of amides is 2. The highest BCUT2D eigenvalue weighted by Crippen LogP contribution is 2.07. The van der Waals surface area contributed by atoms with E-state index in [1.54, 1.807) is 0 Å². The van der Waals surface area contributed by atoms with Crippen LogP contribution in [0.25, 0.3) is 0 Å². The maximum atomic E-state index is 11.8. The first-order valence-electron chi connectivity index (χ1n) is 7.94. The molecule has 0 saturated heterocycles. The van der Waals surface area contributed by atoms with Gasteiger partial charge in [-0.25, -0.2) is 4.79 Å². The van der Waals surface area contributed by atoms with Crippen molar-refractivity contribution in [1.29, 1.82) is 0 Å². The Labute approximate surface area is 137 Å². The van der Waals surface area contributed by atoms with Gasteiger partial charge in [0.15, 0.2) is 0 Å². The summed E-state index contributed by atoms with van der Waals surface area (Å²) in [5.41, 5.74) is 4.55. The van der Waals surface area contributed by atoms with Crippen LogP contribution in [0.15, 0.2) is 48.5 Å². The van der Waals surface area contributed by atoms with Gasteiger partial charge in [0.05, 0.1) is 6.61 Å². The van der Waals surface area contributed by atoms with E-state index in [-0.39, 0.29) is 12.6 Å². The van der Waals surface area contributed by atoms with E-state index >= 15 is 0 Å². The van der Waals surface area contributed by atoms with Gasteiger partial charge in [-0.3, -0.25) is 0 Å². The molecule has 2 aromatic rings. The van der Waals surface area contributed by atoms with Gasteiger partial charge in [-0.1, -0.05) is 48.5 Å². The first-order valence-corrected chi connectivity index (χ1v) is 7.94. The Bertz CT molecular complexity index is 624. The molecule has 2 rings (SSSR count). The Morgan fingerprint density at radius 3 is 2.17 bits per heavy atom. The van der Waals surface area contributed by atoms with Gasteiger partial charge < -0.3 is 15.7 Å². The SMILES string of the molecule is Cc1ccccc1CCNC(=O)NCCc1ccc(CO)cc1. The second-order valence-corrected chi connectivity index (χ2v) is 5.58. The zero-order valence-electron chi connectivity index (χ0n) is 13.5. The molecule has 0 aliphatic rings. The van der Waals surface area contributed by atoms with Crippen LogP contribution in [0.3, 0.4) is 0 Å². The molecule has 0 saturated carbocycles. The molecule has 2 amide bonds. The summed E-state index contributed by atoms with van der Waals surface area (Å²) in [5, 5.41) is 14.7. The molecule has 0 aliphatic heterocycles. The summed E-state index contributed by atoms with van der Waals surface area (Å²) in [6.07, 6.45) is 1.61. The van der Waals surface area contributed by atoms with Crippen LogP contribution in [0.2, 0.25) is 0 Å². The smallest absolute Gasteiger partial charge is 0.314 e. The number of urea groups is 1. The number of rotatable bonds is 7. The fraction of sp³-hybridized carbons (Fsp3) is 0.316. The molecule has 3 N–H and O–H groups in total. The van der Waals surface area contributed by atoms with Crippen molar-refractivity contribution in [3.63, 3.8) is 0 Å². The van der Waals surface area contributed by atoms with Gasteiger partial charge in [-0.15, -0.1) is 0 Å². The Kier molecular flexibility index (Phi) is 6.63. The minimum Gasteiger partial charge on any atom is -0.392 e. The molecule has 4 heteroatoms. The summed E-state index contributed by atoms with van der Waals surface area (Å²) in [6, 6.07) is 15.8. The van der Waals surface area contributed by atoms with E-state index in [9.17, 15) is 4.79 Å². The third-order valence-electron chi connectivity index (χ3n) is 3.85. The van der Waals surface area contributed by atoms with Crippen molar-refractivity contribution in [3.05, 3.63) is 70.8 Å². The second kappa shape index (κ2) is 8.96. The minimum atomic E-state index is -0.134. The van der Waals surface area contributed by atoms with Gasteiger partial charge in [0.1, 0.15) is 0 Å². The Balaban J connectivity index is 1.64. The topological polar surface area (TPSA) is 61.4 Å². The quantitative estimate of drug-likeness (QED) is 0.736. The fourth-order valence-electron chi connectivity index (χ4n) is 2.40. The summed E-state index contributed by atoms with van der Waals surface area (Å²) in [7, 11) is 0. The molecule has 2 aromatic carbocycles. The third kappa shape index (κ3) is 5.75. The zero-order chi connectivity index (χ0) is 16.5. The van der Waals surface area contributed by atoms with Gasteiger partial charge in [-0.2, -0.15) is 0 Å². The van der Waals surface area contributed by atoms with E-state index in [1.165, 1.54) is 11.1 Å². The number of aliphatic hydroxyl groups is 1. The lowest BCUT2D eigenvalue weighted by Gasteiger charge is -2.09. The van der Waals surface area contributed by atoms with Crippen LogP contribution >= 0.6 is 0 Å². The Hall–Kier alpha value is -2.33. The number of aliphatic hydroxyl groups excluding tert-OH is 1. The van der Waals surface area contributed by atoms with E-state index in [1.807, 2.05) is 36.4 Å². The van der Waals surface area contributed by atoms with Crippen LogP contribution in [-0.2, 0) is 19.4 Å². The molecule has 0 aromatic heterocycles. The maximum absolute atomic E-state index is 11.8. The number of hydrogen-bond donors (Lipinski definition) is 3. The normalized spacial score (nSPS) is 10.3. The number of benzene rings is 2. The molecule has 23 heavy (non-hydrogen) atoms. The van der Waals surface area contributed by atoms with E-state index in [0.29, 0.717) is 13.1 Å². The molecule has 0 aliphatic carbocycles. The third-order valence-corrected chi connectivity index (χ3v) is 3.85. The molecule has 0 spiro atoms. The molecular formula is C19H24N2O2. The number of carbonyl (C=O) groups excluding carboxylic acids is 1. The fourth-order valence-corrected chi connectivity index (χ4v) is 2.40. The molecule has 0 unspecified atom stereocenters. The lowest BCUT2D eigenvalue weighted by atomic mass is 10.1. The second-order valence-electron chi connectivity index (χ2n) is 5.58. The summed E-state index contributed by atoms with van der Waals surface area (Å²) in [5.74, 6) is 0. The standard InChI is InChI=1S/C19H24N2O2/c1-15-4-2-3-5-18(15)11-13-21-19(23)20-12-10-16-6-8-17(14-22)9-7-16/h2-9,22H,10-14H2,1H3,(H2,20,21,23). The Morgan fingerprint density at radius 2 is 1.52 bits per heavy atom. The van der Waals surface area contributed by atoms with E-state index in [4.69, 9.17) is 5.11 Å². The highest BCUT2D eigenvalue weighted by atomic mass is 16.3. The van der Waals surface area contributed by atoms with Crippen molar-refractivity contribution < 1.29 is 9.90 Å². The van der Waals surface area contributed by atoms with Crippen LogP contribution in [0.1, 0.15) is 22.3 Å². The monoisotopic (exact) mass is 312 g/mol. The first kappa shape index (κ1) is 17.0. The Morgan fingerprint density at radius 1 is 0.913 bits per heavy atom. The first-order chi connectivity index (χ1) is 11.2. The molecule has 0 atom stereocenters. The maximum Gasteiger partial charge on any atom is 0.314 e. The average molecular weight is 312 g/mol. The number of nitrogens with one attached hydrogen (secondary N) is 2. The highest BCUT2D eigenvalue weighted by Gasteiger charge is 2.01. The van der Waals surface area contributed by atoms with Crippen LogP contribution < -0.4 is 10.6 Å². The van der Waals surface area contributed by atoms with Crippen molar-refractivity contribution in [2.24, 2.45) is 0 Å². The predicted molar refractivity (Wildman–Crippen MR) is 92.4 cm³/mol. The van der Waals surface area contributed by atoms with Crippen molar-refractivity contribution in [2.45, 2.75) is 26.4 Å². The van der Waals surface area contributed by atoms with Gasteiger partial charge in [0.25, 0.3) is 0 Å². The summed E-state index contributed by atoms with van der Waals surface area (Å²) >= 11 is 0. The predicted octanol–water partition coefficient (Wildman–Crippen LogP) is 2.57. The minimum absolute atomic E-state index is 0.0574. The van der Waals surface area contributed by atoms with Gasteiger partial charge in [0, 0.05) is 13.1 Å². The lowest BCUT2D eigenvalue weighted by molar-refractivity contribution is 0.241. The van der Waals surface area contributed by atoms with Crippen LogP contribution in [0.4, 0.5) is 4.79 Å². The van der Waals surface area contributed by atoms with Gasteiger partial charge in [0.2, 0.25) is 0 Å². The summed E-state index contributed by atoms with van der Waals surface area (Å²) in [6.45, 7) is 3.36. The number of carbonyl (C=O) groups is 1. The molecular weight excluding hydrogens is 288 g/mol. The van der Waals surface area contributed by atoms with Gasteiger partial charge in [-0.05, 0) is 42.0 Å². The van der Waals surface area contributed by atoms with Gasteiger partial charge >= 0.3 is 6.03 Å². The van der Waals surface area contributed by atoms with Crippen LogP contribution in [0, 0.1) is 6.92 Å². The largest absolute Gasteiger partial charge is 0.392 e. The van der Waals surface area contributed by atoms with E-state index < -0.39 is 0 Å². The molecule has 0 fully saturated rings. The van der Waals surface area contributed by atoms with Crippen molar-refractivity contribution in [1.82, 2.24) is 10.6 Å². The van der Waals surface area contributed by atoms with E-state index in [0.717, 1.165) is 24.0 Å². The summed E-state index contributed by atoms with van der Waals surface area (Å²) in [4.78, 5) is 11.8.